The van der Waals surface area contributed by atoms with E-state index in [1.165, 1.54) is 0 Å². The van der Waals surface area contributed by atoms with Crippen LogP contribution < -0.4 is 10.1 Å². The van der Waals surface area contributed by atoms with E-state index in [0.717, 1.165) is 43.5 Å². The Morgan fingerprint density at radius 2 is 2.26 bits per heavy atom. The quantitative estimate of drug-likeness (QED) is 0.788. The first-order valence-corrected chi connectivity index (χ1v) is 7.43. The monoisotopic (exact) mass is 283 g/mol. The van der Waals surface area contributed by atoms with E-state index in [-0.39, 0.29) is 12.2 Å². The van der Waals surface area contributed by atoms with Gasteiger partial charge in [0.05, 0.1) is 6.10 Å². The number of halogens is 1. The molecule has 1 aromatic carbocycles. The number of ether oxygens (including phenoxy) is 1. The molecular weight excluding hydrogens is 262 g/mol. The standard InChI is InChI=1S/C15H22ClNO2/c1-2-9-17-10-11-12(16)5-3-7-14(11)19-15-8-4-6-13(15)18/h3,5,7,13,15,17-18H,2,4,6,8-10H2,1H3. The molecule has 1 aliphatic rings. The van der Waals surface area contributed by atoms with Crippen LogP contribution >= 0.6 is 11.6 Å². The first-order valence-electron chi connectivity index (χ1n) is 7.05. The van der Waals surface area contributed by atoms with E-state index in [0.29, 0.717) is 11.6 Å². The highest BCUT2D eigenvalue weighted by Gasteiger charge is 2.27. The summed E-state index contributed by atoms with van der Waals surface area (Å²) in [6.45, 7) is 3.79. The molecule has 1 aromatic rings. The van der Waals surface area contributed by atoms with Crippen molar-refractivity contribution in [3.63, 3.8) is 0 Å². The van der Waals surface area contributed by atoms with Crippen molar-refractivity contribution in [1.82, 2.24) is 5.32 Å². The number of hydrogen-bond acceptors (Lipinski definition) is 3. The number of aliphatic hydroxyl groups excluding tert-OH is 1. The minimum atomic E-state index is -0.351. The van der Waals surface area contributed by atoms with Crippen molar-refractivity contribution in [3.05, 3.63) is 28.8 Å². The van der Waals surface area contributed by atoms with E-state index in [9.17, 15) is 5.11 Å². The fourth-order valence-corrected chi connectivity index (χ4v) is 2.65. The minimum absolute atomic E-state index is 0.0941. The van der Waals surface area contributed by atoms with Gasteiger partial charge < -0.3 is 15.2 Å². The average molecular weight is 284 g/mol. The van der Waals surface area contributed by atoms with E-state index >= 15 is 0 Å². The van der Waals surface area contributed by atoms with Gasteiger partial charge in [0.15, 0.2) is 0 Å². The zero-order valence-electron chi connectivity index (χ0n) is 11.4. The van der Waals surface area contributed by atoms with Crippen molar-refractivity contribution in [2.45, 2.75) is 51.4 Å². The Morgan fingerprint density at radius 1 is 1.42 bits per heavy atom. The molecule has 106 valence electrons. The normalized spacial score (nSPS) is 22.7. The highest BCUT2D eigenvalue weighted by molar-refractivity contribution is 6.31. The third-order valence-electron chi connectivity index (χ3n) is 3.50. The van der Waals surface area contributed by atoms with Crippen LogP contribution in [0.1, 0.15) is 38.2 Å². The molecule has 1 fully saturated rings. The second kappa shape index (κ2) is 7.13. The van der Waals surface area contributed by atoms with E-state index in [4.69, 9.17) is 16.3 Å². The summed E-state index contributed by atoms with van der Waals surface area (Å²) >= 11 is 6.25. The predicted octanol–water partition coefficient (Wildman–Crippen LogP) is 3.13. The number of hydrogen-bond donors (Lipinski definition) is 2. The second-order valence-corrected chi connectivity index (χ2v) is 5.46. The smallest absolute Gasteiger partial charge is 0.125 e. The number of rotatable bonds is 6. The Morgan fingerprint density at radius 3 is 2.95 bits per heavy atom. The largest absolute Gasteiger partial charge is 0.487 e. The van der Waals surface area contributed by atoms with Crippen LogP contribution in [0.15, 0.2) is 18.2 Å². The van der Waals surface area contributed by atoms with Crippen LogP contribution in [0.25, 0.3) is 0 Å². The Bertz CT molecular complexity index is 411. The summed E-state index contributed by atoms with van der Waals surface area (Å²) in [5.74, 6) is 0.794. The Balaban J connectivity index is 2.07. The van der Waals surface area contributed by atoms with Crippen LogP contribution in [0.4, 0.5) is 0 Å². The third kappa shape index (κ3) is 3.85. The molecule has 0 amide bonds. The van der Waals surface area contributed by atoms with Crippen LogP contribution in [0.2, 0.25) is 5.02 Å². The molecule has 0 aromatic heterocycles. The maximum atomic E-state index is 9.85. The summed E-state index contributed by atoms with van der Waals surface area (Å²) in [7, 11) is 0. The molecule has 0 bridgehead atoms. The molecule has 19 heavy (non-hydrogen) atoms. The fraction of sp³-hybridized carbons (Fsp3) is 0.600. The lowest BCUT2D eigenvalue weighted by Crippen LogP contribution is -2.26. The molecule has 3 nitrogen and oxygen atoms in total. The van der Waals surface area contributed by atoms with Crippen molar-refractivity contribution >= 4 is 11.6 Å². The van der Waals surface area contributed by atoms with Gasteiger partial charge >= 0.3 is 0 Å². The lowest BCUT2D eigenvalue weighted by molar-refractivity contribution is 0.0597. The number of benzene rings is 1. The summed E-state index contributed by atoms with van der Waals surface area (Å²) in [5, 5.41) is 13.9. The highest BCUT2D eigenvalue weighted by Crippen LogP contribution is 2.30. The molecule has 1 aliphatic carbocycles. The summed E-state index contributed by atoms with van der Waals surface area (Å²) < 4.78 is 5.96. The maximum absolute atomic E-state index is 9.85. The summed E-state index contributed by atoms with van der Waals surface area (Å²) in [6.07, 6.45) is 3.40. The van der Waals surface area contributed by atoms with Gasteiger partial charge in [-0.2, -0.15) is 0 Å². The first-order chi connectivity index (χ1) is 9.22. The van der Waals surface area contributed by atoms with Gasteiger partial charge in [-0.3, -0.25) is 0 Å². The van der Waals surface area contributed by atoms with Crippen LogP contribution in [0.5, 0.6) is 5.75 Å². The molecule has 0 spiro atoms. The van der Waals surface area contributed by atoms with Crippen molar-refractivity contribution in [3.8, 4) is 5.75 Å². The van der Waals surface area contributed by atoms with E-state index in [1.54, 1.807) is 0 Å². The Hall–Kier alpha value is -0.770. The predicted molar refractivity (Wildman–Crippen MR) is 77.7 cm³/mol. The molecule has 0 radical (unpaired) electrons. The lowest BCUT2D eigenvalue weighted by atomic mass is 10.2. The lowest BCUT2D eigenvalue weighted by Gasteiger charge is -2.20. The van der Waals surface area contributed by atoms with Gasteiger partial charge in [-0.15, -0.1) is 0 Å². The summed E-state index contributed by atoms with van der Waals surface area (Å²) in [5.41, 5.74) is 0.983. The van der Waals surface area contributed by atoms with Crippen molar-refractivity contribution in [2.24, 2.45) is 0 Å². The van der Waals surface area contributed by atoms with E-state index < -0.39 is 0 Å². The molecule has 2 rings (SSSR count). The Labute approximate surface area is 119 Å². The first kappa shape index (κ1) is 14.6. The maximum Gasteiger partial charge on any atom is 0.125 e. The Kier molecular flexibility index (Phi) is 5.49. The zero-order valence-corrected chi connectivity index (χ0v) is 12.1. The molecule has 0 aliphatic heterocycles. The highest BCUT2D eigenvalue weighted by atomic mass is 35.5. The molecule has 1 saturated carbocycles. The topological polar surface area (TPSA) is 41.5 Å². The van der Waals surface area contributed by atoms with Crippen molar-refractivity contribution in [1.29, 1.82) is 0 Å². The van der Waals surface area contributed by atoms with Gasteiger partial charge in [-0.05, 0) is 44.4 Å². The average Bonchev–Trinajstić information content (AvgIpc) is 2.79. The minimum Gasteiger partial charge on any atom is -0.487 e. The molecular formula is C15H22ClNO2. The molecule has 0 heterocycles. The summed E-state index contributed by atoms with van der Waals surface area (Å²) in [4.78, 5) is 0. The van der Waals surface area contributed by atoms with Crippen LogP contribution in [0.3, 0.4) is 0 Å². The molecule has 2 N–H and O–H groups in total. The number of nitrogens with one attached hydrogen (secondary N) is 1. The van der Waals surface area contributed by atoms with Gasteiger partial charge in [-0.25, -0.2) is 0 Å². The summed E-state index contributed by atoms with van der Waals surface area (Å²) in [6, 6.07) is 5.70. The van der Waals surface area contributed by atoms with Crippen molar-refractivity contribution < 1.29 is 9.84 Å². The van der Waals surface area contributed by atoms with Crippen molar-refractivity contribution in [2.75, 3.05) is 6.54 Å². The third-order valence-corrected chi connectivity index (χ3v) is 3.85. The van der Waals surface area contributed by atoms with Gasteiger partial charge in [0.2, 0.25) is 0 Å². The van der Waals surface area contributed by atoms with Crippen LogP contribution in [0, 0.1) is 0 Å². The van der Waals surface area contributed by atoms with Gasteiger partial charge in [0, 0.05) is 17.1 Å². The van der Waals surface area contributed by atoms with Crippen LogP contribution in [-0.4, -0.2) is 23.9 Å². The second-order valence-electron chi connectivity index (χ2n) is 5.05. The van der Waals surface area contributed by atoms with Gasteiger partial charge in [0.25, 0.3) is 0 Å². The van der Waals surface area contributed by atoms with Gasteiger partial charge in [0.1, 0.15) is 11.9 Å². The van der Waals surface area contributed by atoms with E-state index in [1.807, 2.05) is 18.2 Å². The van der Waals surface area contributed by atoms with Crippen LogP contribution in [-0.2, 0) is 6.54 Å². The molecule has 0 saturated heterocycles. The van der Waals surface area contributed by atoms with E-state index in [2.05, 4.69) is 12.2 Å². The number of aliphatic hydroxyl groups is 1. The molecule has 4 heteroatoms. The SMILES string of the molecule is CCCNCc1c(Cl)cccc1OC1CCCC1O. The molecule has 2 unspecified atom stereocenters. The zero-order chi connectivity index (χ0) is 13.7. The fourth-order valence-electron chi connectivity index (χ4n) is 2.42. The van der Waals surface area contributed by atoms with Gasteiger partial charge in [-0.1, -0.05) is 24.6 Å². The molecule has 2 atom stereocenters.